The van der Waals surface area contributed by atoms with Crippen LogP contribution < -0.4 is 0 Å². The normalized spacial score (nSPS) is 15.1. The molecule has 4 nitrogen and oxygen atoms in total. The summed E-state index contributed by atoms with van der Waals surface area (Å²) in [7, 11) is 0. The van der Waals surface area contributed by atoms with Crippen LogP contribution >= 0.6 is 11.8 Å². The van der Waals surface area contributed by atoms with Crippen LogP contribution in [0.4, 0.5) is 0 Å². The first-order chi connectivity index (χ1) is 10.1. The molecule has 0 heterocycles. The topological polar surface area (TPSA) is 57.6 Å². The van der Waals surface area contributed by atoms with Gasteiger partial charge < -0.3 is 10.0 Å². The third-order valence-electron chi connectivity index (χ3n) is 3.84. The predicted octanol–water partition coefficient (Wildman–Crippen LogP) is 2.94. The van der Waals surface area contributed by atoms with Gasteiger partial charge in [-0.15, -0.1) is 11.8 Å². The van der Waals surface area contributed by atoms with Gasteiger partial charge in [-0.05, 0) is 31.4 Å². The molecule has 1 aromatic rings. The summed E-state index contributed by atoms with van der Waals surface area (Å²) in [5, 5.41) is 9.02. The van der Waals surface area contributed by atoms with Crippen LogP contribution in [0, 0.1) is 6.92 Å². The maximum Gasteiger partial charge on any atom is 0.323 e. The lowest BCUT2D eigenvalue weighted by Gasteiger charge is -2.27. The van der Waals surface area contributed by atoms with Crippen molar-refractivity contribution in [3.05, 3.63) is 29.8 Å². The monoisotopic (exact) mass is 307 g/mol. The van der Waals surface area contributed by atoms with Crippen LogP contribution in [0.1, 0.15) is 31.2 Å². The molecule has 0 atom stereocenters. The Morgan fingerprint density at radius 1 is 1.29 bits per heavy atom. The molecule has 114 valence electrons. The highest BCUT2D eigenvalue weighted by Crippen LogP contribution is 2.26. The summed E-state index contributed by atoms with van der Waals surface area (Å²) in [6, 6.07) is 8.02. The van der Waals surface area contributed by atoms with Crippen molar-refractivity contribution in [2.45, 2.75) is 43.5 Å². The summed E-state index contributed by atoms with van der Waals surface area (Å²) < 4.78 is 0. The molecule has 1 saturated carbocycles. The number of hydrogen-bond acceptors (Lipinski definition) is 3. The highest BCUT2D eigenvalue weighted by molar-refractivity contribution is 8.00. The SMILES string of the molecule is Cc1ccccc1SCC(=O)N(CC(=O)O)C1CCCC1. The van der Waals surface area contributed by atoms with Crippen molar-refractivity contribution < 1.29 is 14.7 Å². The summed E-state index contributed by atoms with van der Waals surface area (Å²) in [4.78, 5) is 26.0. The standard InChI is InChI=1S/C16H21NO3S/c1-12-6-2-5-9-14(12)21-11-15(18)17(10-16(19)20)13-7-3-4-8-13/h2,5-6,9,13H,3-4,7-8,10-11H2,1H3,(H,19,20). The van der Waals surface area contributed by atoms with E-state index in [9.17, 15) is 9.59 Å². The Hall–Kier alpha value is -1.49. The van der Waals surface area contributed by atoms with Gasteiger partial charge >= 0.3 is 5.97 Å². The van der Waals surface area contributed by atoms with Gasteiger partial charge in [0.1, 0.15) is 6.54 Å². The van der Waals surface area contributed by atoms with Gasteiger partial charge in [-0.3, -0.25) is 9.59 Å². The van der Waals surface area contributed by atoms with Gasteiger partial charge in [0.2, 0.25) is 5.91 Å². The number of benzene rings is 1. The molecule has 1 N–H and O–H groups in total. The summed E-state index contributed by atoms with van der Waals surface area (Å²) in [6.07, 6.45) is 4.01. The van der Waals surface area contributed by atoms with E-state index in [0.29, 0.717) is 5.75 Å². The fourth-order valence-electron chi connectivity index (χ4n) is 2.72. The molecular formula is C16H21NO3S. The summed E-state index contributed by atoms with van der Waals surface area (Å²) in [6.45, 7) is 1.83. The largest absolute Gasteiger partial charge is 0.480 e. The smallest absolute Gasteiger partial charge is 0.323 e. The molecule has 2 rings (SSSR count). The lowest BCUT2D eigenvalue weighted by molar-refractivity contribution is -0.145. The molecule has 0 saturated heterocycles. The van der Waals surface area contributed by atoms with Crippen LogP contribution in [-0.4, -0.2) is 40.2 Å². The van der Waals surface area contributed by atoms with E-state index in [0.717, 1.165) is 36.1 Å². The number of aryl methyl sites for hydroxylation is 1. The van der Waals surface area contributed by atoms with Crippen molar-refractivity contribution in [1.29, 1.82) is 0 Å². The highest BCUT2D eigenvalue weighted by atomic mass is 32.2. The summed E-state index contributed by atoms with van der Waals surface area (Å²) >= 11 is 1.49. The Labute approximate surface area is 129 Å². The minimum absolute atomic E-state index is 0.0717. The van der Waals surface area contributed by atoms with Crippen LogP contribution in [0.25, 0.3) is 0 Å². The third-order valence-corrected chi connectivity index (χ3v) is 5.00. The van der Waals surface area contributed by atoms with E-state index in [1.54, 1.807) is 4.90 Å². The number of thioether (sulfide) groups is 1. The first-order valence-corrected chi connectivity index (χ1v) is 8.26. The lowest BCUT2D eigenvalue weighted by atomic mass is 10.2. The lowest BCUT2D eigenvalue weighted by Crippen LogP contribution is -2.43. The van der Waals surface area contributed by atoms with Crippen molar-refractivity contribution in [3.63, 3.8) is 0 Å². The second-order valence-electron chi connectivity index (χ2n) is 5.41. The second-order valence-corrected chi connectivity index (χ2v) is 6.43. The summed E-state index contributed by atoms with van der Waals surface area (Å²) in [5.41, 5.74) is 1.14. The highest BCUT2D eigenvalue weighted by Gasteiger charge is 2.28. The van der Waals surface area contributed by atoms with E-state index >= 15 is 0 Å². The average molecular weight is 307 g/mol. The number of carboxylic acid groups (broad SMARTS) is 1. The Morgan fingerprint density at radius 2 is 1.95 bits per heavy atom. The van der Waals surface area contributed by atoms with Crippen LogP contribution in [0.3, 0.4) is 0 Å². The zero-order valence-electron chi connectivity index (χ0n) is 12.2. The first kappa shape index (κ1) is 15.9. The first-order valence-electron chi connectivity index (χ1n) is 7.27. The Morgan fingerprint density at radius 3 is 2.57 bits per heavy atom. The minimum Gasteiger partial charge on any atom is -0.480 e. The fraction of sp³-hybridized carbons (Fsp3) is 0.500. The van der Waals surface area contributed by atoms with E-state index in [1.165, 1.54) is 11.8 Å². The van der Waals surface area contributed by atoms with Crippen LogP contribution in [0.5, 0.6) is 0 Å². The van der Waals surface area contributed by atoms with Gasteiger partial charge in [0, 0.05) is 10.9 Å². The second kappa shape index (κ2) is 7.50. The molecule has 0 radical (unpaired) electrons. The maximum atomic E-state index is 12.4. The molecule has 0 aromatic heterocycles. The predicted molar refractivity (Wildman–Crippen MR) is 83.5 cm³/mol. The molecule has 0 bridgehead atoms. The molecule has 1 aromatic carbocycles. The van der Waals surface area contributed by atoms with Gasteiger partial charge in [-0.1, -0.05) is 31.0 Å². The molecule has 1 amide bonds. The molecule has 0 spiro atoms. The number of amides is 1. The zero-order chi connectivity index (χ0) is 15.2. The van der Waals surface area contributed by atoms with Crippen LogP contribution in [0.15, 0.2) is 29.2 Å². The van der Waals surface area contributed by atoms with Crippen molar-refractivity contribution in [3.8, 4) is 0 Å². The Bertz CT molecular complexity index is 512. The van der Waals surface area contributed by atoms with Crippen molar-refractivity contribution in [2.75, 3.05) is 12.3 Å². The minimum atomic E-state index is -0.934. The Balaban J connectivity index is 1.97. The zero-order valence-corrected chi connectivity index (χ0v) is 13.1. The number of aliphatic carboxylic acids is 1. The Kier molecular flexibility index (Phi) is 5.67. The van der Waals surface area contributed by atoms with Gasteiger partial charge in [-0.2, -0.15) is 0 Å². The number of rotatable bonds is 6. The molecule has 0 unspecified atom stereocenters. The molecule has 1 fully saturated rings. The van der Waals surface area contributed by atoms with Crippen molar-refractivity contribution in [2.24, 2.45) is 0 Å². The average Bonchev–Trinajstić information content (AvgIpc) is 2.97. The van der Waals surface area contributed by atoms with Crippen molar-refractivity contribution >= 4 is 23.6 Å². The summed E-state index contributed by atoms with van der Waals surface area (Å²) in [5.74, 6) is -0.706. The molecular weight excluding hydrogens is 286 g/mol. The van der Waals surface area contributed by atoms with Crippen molar-refractivity contribution in [1.82, 2.24) is 4.90 Å². The van der Waals surface area contributed by atoms with Gasteiger partial charge in [0.25, 0.3) is 0 Å². The van der Waals surface area contributed by atoms with Gasteiger partial charge in [0.05, 0.1) is 5.75 Å². The third kappa shape index (κ3) is 4.49. The van der Waals surface area contributed by atoms with E-state index in [1.807, 2.05) is 31.2 Å². The number of carboxylic acids is 1. The molecule has 0 aliphatic heterocycles. The molecule has 5 heteroatoms. The number of carbonyl (C=O) groups is 2. The number of hydrogen-bond donors (Lipinski definition) is 1. The van der Waals surface area contributed by atoms with E-state index in [4.69, 9.17) is 5.11 Å². The number of carbonyl (C=O) groups excluding carboxylic acids is 1. The fourth-order valence-corrected chi connectivity index (χ4v) is 3.64. The van der Waals surface area contributed by atoms with E-state index < -0.39 is 5.97 Å². The van der Waals surface area contributed by atoms with Crippen LogP contribution in [0.2, 0.25) is 0 Å². The molecule has 21 heavy (non-hydrogen) atoms. The van der Waals surface area contributed by atoms with E-state index in [2.05, 4.69) is 0 Å². The van der Waals surface area contributed by atoms with E-state index in [-0.39, 0.29) is 18.5 Å². The number of nitrogens with zero attached hydrogens (tertiary/aromatic N) is 1. The quantitative estimate of drug-likeness (QED) is 0.821. The van der Waals surface area contributed by atoms with Gasteiger partial charge in [-0.25, -0.2) is 0 Å². The maximum absolute atomic E-state index is 12.4. The van der Waals surface area contributed by atoms with Crippen LogP contribution in [-0.2, 0) is 9.59 Å². The molecule has 1 aliphatic rings. The molecule has 1 aliphatic carbocycles. The van der Waals surface area contributed by atoms with Gasteiger partial charge in [0.15, 0.2) is 0 Å².